The average molecular weight is 416 g/mol. The topological polar surface area (TPSA) is 127 Å². The van der Waals surface area contributed by atoms with E-state index in [0.29, 0.717) is 11.3 Å². The first-order valence-electron chi connectivity index (χ1n) is 9.30. The number of rotatable bonds is 5. The molecule has 0 saturated carbocycles. The molecule has 1 saturated heterocycles. The Balaban J connectivity index is 1.86. The van der Waals surface area contributed by atoms with E-state index in [9.17, 15) is 24.8 Å². The third-order valence-electron chi connectivity index (χ3n) is 4.95. The van der Waals surface area contributed by atoms with Gasteiger partial charge in [0.15, 0.2) is 0 Å². The van der Waals surface area contributed by atoms with Crippen LogP contribution in [-0.2, 0) is 16.1 Å². The lowest BCUT2D eigenvalue weighted by Crippen LogP contribution is -2.29. The van der Waals surface area contributed by atoms with E-state index >= 15 is 0 Å². The summed E-state index contributed by atoms with van der Waals surface area (Å²) in [5.41, 5.74) is 0.819. The molecule has 9 nitrogen and oxygen atoms in total. The van der Waals surface area contributed by atoms with E-state index in [1.165, 1.54) is 35.5 Å². The summed E-state index contributed by atoms with van der Waals surface area (Å²) < 4.78 is 0. The zero-order valence-electron chi connectivity index (χ0n) is 16.1. The number of ketones is 1. The maximum Gasteiger partial charge on any atom is 0.296 e. The van der Waals surface area contributed by atoms with Crippen LogP contribution in [0.2, 0.25) is 0 Å². The van der Waals surface area contributed by atoms with E-state index in [4.69, 9.17) is 0 Å². The fourth-order valence-electron chi connectivity index (χ4n) is 3.52. The normalized spacial score (nSPS) is 17.7. The zero-order chi connectivity index (χ0) is 22.0. The Bertz CT molecular complexity index is 1190. The van der Waals surface area contributed by atoms with Crippen molar-refractivity contribution in [1.29, 1.82) is 0 Å². The Labute approximate surface area is 176 Å². The van der Waals surface area contributed by atoms with Gasteiger partial charge in [-0.25, -0.2) is 0 Å². The largest absolute Gasteiger partial charge is 0.507 e. The highest BCUT2D eigenvalue weighted by Crippen LogP contribution is 2.40. The van der Waals surface area contributed by atoms with E-state index in [1.54, 1.807) is 36.5 Å². The van der Waals surface area contributed by atoms with Crippen LogP contribution in [0.4, 0.5) is 5.69 Å². The van der Waals surface area contributed by atoms with Gasteiger partial charge in [0.05, 0.1) is 28.8 Å². The van der Waals surface area contributed by atoms with Gasteiger partial charge >= 0.3 is 0 Å². The second-order valence-corrected chi connectivity index (χ2v) is 6.84. The highest BCUT2D eigenvalue weighted by Gasteiger charge is 2.46. The number of nitro benzene ring substituents is 1. The summed E-state index contributed by atoms with van der Waals surface area (Å²) in [4.78, 5) is 45.9. The molecule has 0 spiro atoms. The van der Waals surface area contributed by atoms with Crippen molar-refractivity contribution in [3.8, 4) is 0 Å². The maximum atomic E-state index is 12.9. The minimum absolute atomic E-state index is 0.0458. The molecule has 2 aromatic heterocycles. The number of aliphatic hydroxyl groups excluding tert-OH is 1. The SMILES string of the molecule is O=C1C(=O)N(Cc2ccccn2)C(c2ccncc2)/C1=C(/O)c1cccc([N+](=O)[O-])c1. The number of Topliss-reactive ketones (excluding diaryl/α,β-unsaturated/α-hetero) is 1. The Hall–Kier alpha value is -4.40. The van der Waals surface area contributed by atoms with Gasteiger partial charge in [0.1, 0.15) is 5.76 Å². The quantitative estimate of drug-likeness (QED) is 0.223. The van der Waals surface area contributed by atoms with Crippen LogP contribution in [0.25, 0.3) is 5.76 Å². The van der Waals surface area contributed by atoms with Crippen LogP contribution in [0.3, 0.4) is 0 Å². The molecule has 154 valence electrons. The number of hydrogen-bond acceptors (Lipinski definition) is 7. The first kappa shape index (κ1) is 19.9. The second-order valence-electron chi connectivity index (χ2n) is 6.84. The first-order valence-corrected chi connectivity index (χ1v) is 9.30. The van der Waals surface area contributed by atoms with Gasteiger partial charge in [-0.3, -0.25) is 29.7 Å². The van der Waals surface area contributed by atoms with Crippen LogP contribution in [0.1, 0.15) is 22.9 Å². The van der Waals surface area contributed by atoms with Gasteiger partial charge in [0, 0.05) is 36.3 Å². The molecule has 1 N–H and O–H groups in total. The molecule has 0 radical (unpaired) electrons. The Morgan fingerprint density at radius 2 is 1.84 bits per heavy atom. The highest BCUT2D eigenvalue weighted by molar-refractivity contribution is 6.46. The molecule has 1 aromatic carbocycles. The number of non-ortho nitro benzene ring substituents is 1. The van der Waals surface area contributed by atoms with Crippen molar-refractivity contribution in [3.05, 3.63) is 106 Å². The number of aliphatic hydroxyl groups is 1. The highest BCUT2D eigenvalue weighted by atomic mass is 16.6. The predicted octanol–water partition coefficient (Wildman–Crippen LogP) is 3.01. The molecule has 1 aliphatic rings. The molecule has 1 fully saturated rings. The van der Waals surface area contributed by atoms with Gasteiger partial charge in [0.2, 0.25) is 0 Å². The van der Waals surface area contributed by atoms with Crippen molar-refractivity contribution in [1.82, 2.24) is 14.9 Å². The van der Waals surface area contributed by atoms with Crippen LogP contribution >= 0.6 is 0 Å². The lowest BCUT2D eigenvalue weighted by atomic mass is 9.96. The first-order chi connectivity index (χ1) is 15.0. The van der Waals surface area contributed by atoms with E-state index in [0.717, 1.165) is 6.07 Å². The fourth-order valence-corrected chi connectivity index (χ4v) is 3.52. The van der Waals surface area contributed by atoms with Gasteiger partial charge in [-0.2, -0.15) is 0 Å². The van der Waals surface area contributed by atoms with Crippen LogP contribution in [0.15, 0.2) is 78.8 Å². The van der Waals surface area contributed by atoms with Crippen LogP contribution in [0.5, 0.6) is 0 Å². The number of pyridine rings is 2. The third-order valence-corrected chi connectivity index (χ3v) is 4.95. The van der Waals surface area contributed by atoms with Gasteiger partial charge < -0.3 is 10.0 Å². The van der Waals surface area contributed by atoms with E-state index < -0.39 is 28.4 Å². The van der Waals surface area contributed by atoms with Crippen molar-refractivity contribution in [2.24, 2.45) is 0 Å². The number of nitrogens with zero attached hydrogens (tertiary/aromatic N) is 4. The van der Waals surface area contributed by atoms with Crippen LogP contribution in [0, 0.1) is 10.1 Å². The average Bonchev–Trinajstić information content (AvgIpc) is 3.05. The van der Waals surface area contributed by atoms with Crippen LogP contribution in [-0.4, -0.2) is 36.6 Å². The Morgan fingerprint density at radius 1 is 1.06 bits per heavy atom. The number of carbonyl (C=O) groups excluding carboxylic acids is 2. The number of benzene rings is 1. The number of carbonyl (C=O) groups is 2. The minimum Gasteiger partial charge on any atom is -0.507 e. The number of hydrogen-bond donors (Lipinski definition) is 1. The summed E-state index contributed by atoms with van der Waals surface area (Å²) in [7, 11) is 0. The van der Waals surface area contributed by atoms with Gasteiger partial charge in [-0.1, -0.05) is 18.2 Å². The number of aromatic nitrogens is 2. The molecular weight excluding hydrogens is 400 g/mol. The summed E-state index contributed by atoms with van der Waals surface area (Å²) in [5, 5.41) is 22.1. The summed E-state index contributed by atoms with van der Waals surface area (Å²) >= 11 is 0. The molecule has 1 aliphatic heterocycles. The monoisotopic (exact) mass is 416 g/mol. The van der Waals surface area contributed by atoms with E-state index in [1.807, 2.05) is 0 Å². The van der Waals surface area contributed by atoms with E-state index in [-0.39, 0.29) is 23.4 Å². The van der Waals surface area contributed by atoms with E-state index in [2.05, 4.69) is 9.97 Å². The van der Waals surface area contributed by atoms with Crippen LogP contribution < -0.4 is 0 Å². The molecule has 1 atom stereocenters. The van der Waals surface area contributed by atoms with Crippen molar-refractivity contribution in [3.63, 3.8) is 0 Å². The molecule has 3 aromatic rings. The molecule has 4 rings (SSSR count). The predicted molar refractivity (Wildman–Crippen MR) is 109 cm³/mol. The summed E-state index contributed by atoms with van der Waals surface area (Å²) in [5.74, 6) is -2.14. The molecule has 1 unspecified atom stereocenters. The van der Waals surface area contributed by atoms with Crippen molar-refractivity contribution in [2.45, 2.75) is 12.6 Å². The fraction of sp³-hybridized carbons (Fsp3) is 0.0909. The molecule has 0 aliphatic carbocycles. The van der Waals surface area contributed by atoms with Crippen molar-refractivity contribution in [2.75, 3.05) is 0 Å². The number of likely N-dealkylation sites (tertiary alicyclic amines) is 1. The van der Waals surface area contributed by atoms with Gasteiger partial charge in [0.25, 0.3) is 17.4 Å². The minimum atomic E-state index is -0.899. The Morgan fingerprint density at radius 3 is 2.52 bits per heavy atom. The molecule has 1 amide bonds. The second kappa shape index (κ2) is 8.15. The maximum absolute atomic E-state index is 12.9. The standard InChI is InChI=1S/C22H16N4O5/c27-20(15-4-3-6-17(12-15)26(30)31)18-19(14-7-10-23-11-8-14)25(22(29)21(18)28)13-16-5-1-2-9-24-16/h1-12,19,27H,13H2/b20-18-. The lowest BCUT2D eigenvalue weighted by Gasteiger charge is -2.24. The molecule has 9 heteroatoms. The lowest BCUT2D eigenvalue weighted by molar-refractivity contribution is -0.384. The van der Waals surface area contributed by atoms with Crippen molar-refractivity contribution < 1.29 is 19.6 Å². The smallest absolute Gasteiger partial charge is 0.296 e. The third kappa shape index (κ3) is 3.76. The summed E-state index contributed by atoms with van der Waals surface area (Å²) in [6.07, 6.45) is 4.61. The van der Waals surface area contributed by atoms with Crippen molar-refractivity contribution >= 4 is 23.1 Å². The van der Waals surface area contributed by atoms with Gasteiger partial charge in [-0.15, -0.1) is 0 Å². The summed E-state index contributed by atoms with van der Waals surface area (Å²) in [6.45, 7) is 0.0458. The molecule has 0 bridgehead atoms. The summed E-state index contributed by atoms with van der Waals surface area (Å²) in [6, 6.07) is 12.9. The Kier molecular flexibility index (Phi) is 5.23. The molecular formula is C22H16N4O5. The zero-order valence-corrected chi connectivity index (χ0v) is 16.1. The number of nitro groups is 1. The van der Waals surface area contributed by atoms with Gasteiger partial charge in [-0.05, 0) is 29.8 Å². The number of amides is 1. The molecule has 31 heavy (non-hydrogen) atoms. The molecule has 3 heterocycles.